The predicted octanol–water partition coefficient (Wildman–Crippen LogP) is 2.70. The summed E-state index contributed by atoms with van der Waals surface area (Å²) < 4.78 is 10.4. The Balaban J connectivity index is 1.66. The molecule has 0 spiro atoms. The van der Waals surface area contributed by atoms with Crippen LogP contribution >= 0.6 is 0 Å². The zero-order valence-corrected chi connectivity index (χ0v) is 14.8. The van der Waals surface area contributed by atoms with E-state index < -0.39 is 22.9 Å². The molecule has 0 bridgehead atoms. The van der Waals surface area contributed by atoms with E-state index >= 15 is 0 Å². The van der Waals surface area contributed by atoms with Gasteiger partial charge in [0, 0.05) is 17.8 Å². The first-order valence-electron chi connectivity index (χ1n) is 8.29. The molecule has 2 aromatic carbocycles. The molecule has 0 N–H and O–H groups in total. The highest BCUT2D eigenvalue weighted by molar-refractivity contribution is 6.10. The number of amides is 1. The van der Waals surface area contributed by atoms with Crippen LogP contribution in [0.5, 0.6) is 5.75 Å². The molecule has 0 radical (unpaired) electrons. The average Bonchev–Trinajstić information content (AvgIpc) is 2.69. The highest BCUT2D eigenvalue weighted by Gasteiger charge is 2.50. The standard InChI is InChI=1S/C19H18N2O6/c1-12-17(20(18(12)22)14-7-9-16(26-2)10-8-14)19(23)27-11-13-3-5-15(6-4-13)21(24)25/h3-10,12,17H,11H2,1-2H3. The molecule has 1 aliphatic heterocycles. The van der Waals surface area contributed by atoms with Crippen LogP contribution in [0.4, 0.5) is 11.4 Å². The second kappa shape index (κ2) is 7.45. The van der Waals surface area contributed by atoms with Gasteiger partial charge in [0.05, 0.1) is 18.0 Å². The number of non-ortho nitro benzene ring substituents is 1. The van der Waals surface area contributed by atoms with Crippen LogP contribution < -0.4 is 9.64 Å². The zero-order chi connectivity index (χ0) is 19.6. The lowest BCUT2D eigenvalue weighted by molar-refractivity contribution is -0.384. The van der Waals surface area contributed by atoms with Crippen LogP contribution in [-0.4, -0.2) is 30.0 Å². The van der Waals surface area contributed by atoms with Gasteiger partial charge in [0.2, 0.25) is 5.91 Å². The monoisotopic (exact) mass is 370 g/mol. The van der Waals surface area contributed by atoms with Crippen LogP contribution in [0, 0.1) is 16.0 Å². The fourth-order valence-electron chi connectivity index (χ4n) is 2.93. The first-order valence-corrected chi connectivity index (χ1v) is 8.29. The fourth-order valence-corrected chi connectivity index (χ4v) is 2.93. The maximum absolute atomic E-state index is 12.5. The number of ether oxygens (including phenoxy) is 2. The number of nitro benzene ring substituents is 1. The van der Waals surface area contributed by atoms with Crippen molar-refractivity contribution in [2.45, 2.75) is 19.6 Å². The van der Waals surface area contributed by atoms with E-state index in [0.717, 1.165) is 0 Å². The van der Waals surface area contributed by atoms with Crippen LogP contribution in [0.15, 0.2) is 48.5 Å². The molecule has 2 atom stereocenters. The number of benzene rings is 2. The third-order valence-electron chi connectivity index (χ3n) is 4.50. The SMILES string of the molecule is COc1ccc(N2C(=O)C(C)C2C(=O)OCc2ccc([N+](=O)[O-])cc2)cc1. The number of rotatable bonds is 6. The number of nitro groups is 1. The van der Waals surface area contributed by atoms with Crippen LogP contribution in [0.25, 0.3) is 0 Å². The molecule has 140 valence electrons. The second-order valence-electron chi connectivity index (χ2n) is 6.17. The van der Waals surface area contributed by atoms with E-state index in [0.29, 0.717) is 17.0 Å². The van der Waals surface area contributed by atoms with Gasteiger partial charge in [-0.25, -0.2) is 4.79 Å². The third kappa shape index (κ3) is 3.59. The Morgan fingerprint density at radius 2 is 1.78 bits per heavy atom. The van der Waals surface area contributed by atoms with Crippen LogP contribution in [0.1, 0.15) is 12.5 Å². The second-order valence-corrected chi connectivity index (χ2v) is 6.17. The molecule has 0 saturated carbocycles. The Hall–Kier alpha value is -3.42. The molecule has 1 aliphatic rings. The van der Waals surface area contributed by atoms with E-state index in [2.05, 4.69) is 0 Å². The van der Waals surface area contributed by atoms with E-state index in [1.165, 1.54) is 29.2 Å². The number of esters is 1. The van der Waals surface area contributed by atoms with Gasteiger partial charge in [0.1, 0.15) is 18.4 Å². The molecular weight excluding hydrogens is 352 g/mol. The lowest BCUT2D eigenvalue weighted by Crippen LogP contribution is -2.64. The van der Waals surface area contributed by atoms with Crippen molar-refractivity contribution >= 4 is 23.3 Å². The molecule has 8 heteroatoms. The summed E-state index contributed by atoms with van der Waals surface area (Å²) in [5, 5.41) is 10.7. The maximum atomic E-state index is 12.5. The Kier molecular flexibility index (Phi) is 5.07. The van der Waals surface area contributed by atoms with Gasteiger partial charge in [-0.2, -0.15) is 0 Å². The van der Waals surface area contributed by atoms with E-state index in [-0.39, 0.29) is 18.2 Å². The molecule has 1 amide bonds. The van der Waals surface area contributed by atoms with Crippen molar-refractivity contribution < 1.29 is 24.0 Å². The molecule has 0 aromatic heterocycles. The lowest BCUT2D eigenvalue weighted by Gasteiger charge is -2.43. The van der Waals surface area contributed by atoms with Crippen LogP contribution in [0.3, 0.4) is 0 Å². The zero-order valence-electron chi connectivity index (χ0n) is 14.8. The van der Waals surface area contributed by atoms with Gasteiger partial charge in [-0.05, 0) is 42.0 Å². The normalized spacial score (nSPS) is 18.6. The highest BCUT2D eigenvalue weighted by Crippen LogP contribution is 2.34. The first kappa shape index (κ1) is 18.4. The summed E-state index contributed by atoms with van der Waals surface area (Å²) in [4.78, 5) is 36.3. The molecule has 0 aliphatic carbocycles. The Labute approximate surface area is 155 Å². The predicted molar refractivity (Wildman–Crippen MR) is 96.3 cm³/mol. The van der Waals surface area contributed by atoms with E-state index in [1.54, 1.807) is 38.3 Å². The highest BCUT2D eigenvalue weighted by atomic mass is 16.6. The average molecular weight is 370 g/mol. The summed E-state index contributed by atoms with van der Waals surface area (Å²) in [7, 11) is 1.55. The number of carbonyl (C=O) groups is 2. The molecule has 1 heterocycles. The van der Waals surface area contributed by atoms with Crippen molar-refractivity contribution in [3.63, 3.8) is 0 Å². The molecule has 8 nitrogen and oxygen atoms in total. The first-order chi connectivity index (χ1) is 12.9. The number of nitrogens with zero attached hydrogens (tertiary/aromatic N) is 2. The van der Waals surface area contributed by atoms with Crippen molar-refractivity contribution in [2.24, 2.45) is 5.92 Å². The van der Waals surface area contributed by atoms with E-state index in [1.807, 2.05) is 0 Å². The minimum absolute atomic E-state index is 0.0231. The van der Waals surface area contributed by atoms with Crippen molar-refractivity contribution in [3.05, 3.63) is 64.2 Å². The number of hydrogen-bond donors (Lipinski definition) is 0. The maximum Gasteiger partial charge on any atom is 0.330 e. The molecule has 1 fully saturated rings. The Morgan fingerprint density at radius 1 is 1.15 bits per heavy atom. The van der Waals surface area contributed by atoms with Gasteiger partial charge in [-0.15, -0.1) is 0 Å². The summed E-state index contributed by atoms with van der Waals surface area (Å²) in [5.41, 5.74) is 1.19. The quantitative estimate of drug-likeness (QED) is 0.335. The van der Waals surface area contributed by atoms with Crippen molar-refractivity contribution in [2.75, 3.05) is 12.0 Å². The van der Waals surface area contributed by atoms with Gasteiger partial charge in [0.15, 0.2) is 0 Å². The van der Waals surface area contributed by atoms with E-state index in [9.17, 15) is 19.7 Å². The van der Waals surface area contributed by atoms with Gasteiger partial charge >= 0.3 is 5.97 Å². The minimum Gasteiger partial charge on any atom is -0.497 e. The van der Waals surface area contributed by atoms with Gasteiger partial charge in [-0.3, -0.25) is 19.8 Å². The lowest BCUT2D eigenvalue weighted by atomic mass is 9.88. The summed E-state index contributed by atoms with van der Waals surface area (Å²) in [5.74, 6) is -0.498. The third-order valence-corrected chi connectivity index (χ3v) is 4.50. The summed E-state index contributed by atoms with van der Waals surface area (Å²) in [6, 6.07) is 11.9. The Morgan fingerprint density at radius 3 is 2.33 bits per heavy atom. The minimum atomic E-state index is -0.705. The smallest absolute Gasteiger partial charge is 0.330 e. The largest absolute Gasteiger partial charge is 0.497 e. The fraction of sp³-hybridized carbons (Fsp3) is 0.263. The van der Waals surface area contributed by atoms with Crippen molar-refractivity contribution in [1.82, 2.24) is 0 Å². The van der Waals surface area contributed by atoms with Crippen molar-refractivity contribution in [3.8, 4) is 5.75 Å². The number of β-lactam (4-membered cyclic amide) rings is 1. The van der Waals surface area contributed by atoms with Crippen molar-refractivity contribution in [1.29, 1.82) is 0 Å². The number of carbonyl (C=O) groups excluding carboxylic acids is 2. The number of hydrogen-bond acceptors (Lipinski definition) is 6. The summed E-state index contributed by atoms with van der Waals surface area (Å²) in [6.07, 6.45) is 0. The molecule has 3 rings (SSSR count). The topological polar surface area (TPSA) is 99.0 Å². The Bertz CT molecular complexity index is 863. The van der Waals surface area contributed by atoms with Crippen LogP contribution in [-0.2, 0) is 20.9 Å². The molecule has 1 saturated heterocycles. The summed E-state index contributed by atoms with van der Waals surface area (Å²) in [6.45, 7) is 1.66. The van der Waals surface area contributed by atoms with Gasteiger partial charge < -0.3 is 9.47 Å². The van der Waals surface area contributed by atoms with Crippen LogP contribution in [0.2, 0.25) is 0 Å². The molecule has 2 unspecified atom stereocenters. The summed E-state index contributed by atoms with van der Waals surface area (Å²) >= 11 is 0. The van der Waals surface area contributed by atoms with Gasteiger partial charge in [0.25, 0.3) is 5.69 Å². The number of anilines is 1. The molecular formula is C19H18N2O6. The molecule has 27 heavy (non-hydrogen) atoms. The van der Waals surface area contributed by atoms with E-state index in [4.69, 9.17) is 9.47 Å². The number of methoxy groups -OCH3 is 1. The molecule has 2 aromatic rings. The van der Waals surface area contributed by atoms with Gasteiger partial charge in [-0.1, -0.05) is 6.92 Å².